The summed E-state index contributed by atoms with van der Waals surface area (Å²) in [6, 6.07) is 0.206. The summed E-state index contributed by atoms with van der Waals surface area (Å²) < 4.78 is 0. The molecule has 0 aromatic heterocycles. The smallest absolute Gasteiger partial charge is 0.221 e. The fourth-order valence-corrected chi connectivity index (χ4v) is 3.66. The molecule has 2 N–H and O–H groups in total. The van der Waals surface area contributed by atoms with Gasteiger partial charge in [-0.2, -0.15) is 0 Å². The Hall–Kier alpha value is -0.530. The van der Waals surface area contributed by atoms with E-state index in [1.54, 1.807) is 0 Å². The van der Waals surface area contributed by atoms with Gasteiger partial charge in [0.2, 0.25) is 5.91 Å². The zero-order valence-electron chi connectivity index (χ0n) is 14.2. The van der Waals surface area contributed by atoms with Gasteiger partial charge in [0.15, 0.2) is 5.96 Å². The lowest BCUT2D eigenvalue weighted by Crippen LogP contribution is -2.42. The number of halogens is 1. The molecule has 1 saturated heterocycles. The first-order chi connectivity index (χ1) is 10.0. The first-order valence-electron chi connectivity index (χ1n) is 8.30. The van der Waals surface area contributed by atoms with Gasteiger partial charge in [-0.15, -0.1) is 24.0 Å². The molecule has 0 radical (unpaired) electrons. The lowest BCUT2D eigenvalue weighted by molar-refractivity contribution is -0.121. The van der Waals surface area contributed by atoms with Crippen molar-refractivity contribution < 1.29 is 4.79 Å². The molecule has 1 aliphatic heterocycles. The van der Waals surface area contributed by atoms with Gasteiger partial charge in [-0.1, -0.05) is 12.8 Å². The summed E-state index contributed by atoms with van der Waals surface area (Å²) in [6.07, 6.45) is 7.30. The Morgan fingerprint density at radius 3 is 2.55 bits per heavy atom. The SMILES string of the molecule is CN=C(NCCC(=O)NC(C)C)N1CCC2(CCCC2)C1.I. The first kappa shape index (κ1) is 19.5. The number of nitrogens with one attached hydrogen (secondary N) is 2. The summed E-state index contributed by atoms with van der Waals surface area (Å²) in [5.74, 6) is 1.05. The molecule has 1 amide bonds. The minimum atomic E-state index is 0. The molecule has 1 heterocycles. The molecule has 1 saturated carbocycles. The summed E-state index contributed by atoms with van der Waals surface area (Å²) >= 11 is 0. The van der Waals surface area contributed by atoms with Gasteiger partial charge in [-0.3, -0.25) is 9.79 Å². The number of carbonyl (C=O) groups is 1. The lowest BCUT2D eigenvalue weighted by atomic mass is 9.86. The second-order valence-electron chi connectivity index (χ2n) is 6.82. The number of hydrogen-bond acceptors (Lipinski definition) is 2. The number of guanidine groups is 1. The van der Waals surface area contributed by atoms with Gasteiger partial charge in [-0.25, -0.2) is 0 Å². The summed E-state index contributed by atoms with van der Waals surface area (Å²) in [6.45, 7) is 6.84. The third kappa shape index (κ3) is 5.28. The average Bonchev–Trinajstić information content (AvgIpc) is 3.05. The Morgan fingerprint density at radius 2 is 1.95 bits per heavy atom. The highest BCUT2D eigenvalue weighted by atomic mass is 127. The van der Waals surface area contributed by atoms with E-state index in [-0.39, 0.29) is 35.9 Å². The van der Waals surface area contributed by atoms with Gasteiger partial charge in [0.05, 0.1) is 0 Å². The van der Waals surface area contributed by atoms with Crippen molar-refractivity contribution in [2.75, 3.05) is 26.7 Å². The monoisotopic (exact) mass is 422 g/mol. The Morgan fingerprint density at radius 1 is 1.27 bits per heavy atom. The minimum Gasteiger partial charge on any atom is -0.356 e. The summed E-state index contributed by atoms with van der Waals surface area (Å²) in [5, 5.41) is 6.25. The van der Waals surface area contributed by atoms with Gasteiger partial charge in [0, 0.05) is 39.1 Å². The van der Waals surface area contributed by atoms with Gasteiger partial charge in [0.25, 0.3) is 0 Å². The van der Waals surface area contributed by atoms with Crippen molar-refractivity contribution in [2.45, 2.75) is 58.4 Å². The fourth-order valence-electron chi connectivity index (χ4n) is 3.66. The standard InChI is InChI=1S/C16H30N4O.HI/c1-13(2)19-14(21)6-10-18-15(17-3)20-11-9-16(12-20)7-4-5-8-16;/h13H,4-12H2,1-3H3,(H,17,18)(H,19,21);1H. The molecule has 2 fully saturated rings. The molecule has 22 heavy (non-hydrogen) atoms. The van der Waals surface area contributed by atoms with Gasteiger partial charge >= 0.3 is 0 Å². The van der Waals surface area contributed by atoms with Crippen molar-refractivity contribution in [1.82, 2.24) is 15.5 Å². The third-order valence-electron chi connectivity index (χ3n) is 4.70. The van der Waals surface area contributed by atoms with Gasteiger partial charge < -0.3 is 15.5 Å². The van der Waals surface area contributed by atoms with E-state index in [2.05, 4.69) is 20.5 Å². The van der Waals surface area contributed by atoms with Crippen LogP contribution in [0.25, 0.3) is 0 Å². The number of amides is 1. The molecule has 2 aliphatic rings. The van der Waals surface area contributed by atoms with Crippen LogP contribution in [0, 0.1) is 5.41 Å². The molecular formula is C16H31IN4O. The number of likely N-dealkylation sites (tertiary alicyclic amines) is 1. The summed E-state index contributed by atoms with van der Waals surface area (Å²) in [5.41, 5.74) is 0.548. The summed E-state index contributed by atoms with van der Waals surface area (Å²) in [7, 11) is 1.83. The molecule has 1 aliphatic carbocycles. The van der Waals surface area contributed by atoms with Crippen LogP contribution in [0.15, 0.2) is 4.99 Å². The van der Waals surface area contributed by atoms with Crippen LogP contribution in [0.4, 0.5) is 0 Å². The van der Waals surface area contributed by atoms with E-state index in [9.17, 15) is 4.79 Å². The maximum Gasteiger partial charge on any atom is 0.221 e. The van der Waals surface area contributed by atoms with Gasteiger partial charge in [0.1, 0.15) is 0 Å². The fraction of sp³-hybridized carbons (Fsp3) is 0.875. The van der Waals surface area contributed by atoms with Crippen LogP contribution < -0.4 is 10.6 Å². The van der Waals surface area contributed by atoms with E-state index in [0.717, 1.165) is 19.0 Å². The van der Waals surface area contributed by atoms with Crippen molar-refractivity contribution in [3.63, 3.8) is 0 Å². The molecule has 0 aromatic rings. The van der Waals surface area contributed by atoms with Crippen LogP contribution in [0.1, 0.15) is 52.4 Å². The van der Waals surface area contributed by atoms with E-state index in [1.165, 1.54) is 32.1 Å². The van der Waals surface area contributed by atoms with E-state index < -0.39 is 0 Å². The number of hydrogen-bond donors (Lipinski definition) is 2. The largest absolute Gasteiger partial charge is 0.356 e. The molecule has 1 spiro atoms. The molecule has 5 nitrogen and oxygen atoms in total. The zero-order valence-corrected chi connectivity index (χ0v) is 16.5. The quantitative estimate of drug-likeness (QED) is 0.416. The van der Waals surface area contributed by atoms with E-state index in [0.29, 0.717) is 18.4 Å². The van der Waals surface area contributed by atoms with Crippen LogP contribution in [0.2, 0.25) is 0 Å². The highest BCUT2D eigenvalue weighted by Crippen LogP contribution is 2.45. The minimum absolute atomic E-state index is 0. The molecule has 2 rings (SSSR count). The molecule has 6 heteroatoms. The second kappa shape index (κ2) is 8.93. The van der Waals surface area contributed by atoms with Crippen molar-refractivity contribution in [2.24, 2.45) is 10.4 Å². The number of rotatable bonds is 4. The third-order valence-corrected chi connectivity index (χ3v) is 4.70. The predicted octanol–water partition coefficient (Wildman–Crippen LogP) is 2.36. The molecule has 0 bridgehead atoms. The molecule has 128 valence electrons. The van der Waals surface area contributed by atoms with Crippen molar-refractivity contribution >= 4 is 35.8 Å². The Labute approximate surface area is 151 Å². The maximum absolute atomic E-state index is 11.6. The number of carbonyl (C=O) groups excluding carboxylic acids is 1. The predicted molar refractivity (Wildman–Crippen MR) is 102 cm³/mol. The van der Waals surface area contributed by atoms with Crippen molar-refractivity contribution in [3.8, 4) is 0 Å². The normalized spacial score (nSPS) is 20.4. The van der Waals surface area contributed by atoms with E-state index in [1.807, 2.05) is 20.9 Å². The Balaban J connectivity index is 0.00000242. The second-order valence-corrected chi connectivity index (χ2v) is 6.82. The first-order valence-corrected chi connectivity index (χ1v) is 8.30. The maximum atomic E-state index is 11.6. The molecule has 0 unspecified atom stereocenters. The zero-order chi connectivity index (χ0) is 15.3. The van der Waals surface area contributed by atoms with Gasteiger partial charge in [-0.05, 0) is 38.5 Å². The van der Waals surface area contributed by atoms with E-state index in [4.69, 9.17) is 0 Å². The molecular weight excluding hydrogens is 391 g/mol. The van der Waals surface area contributed by atoms with Crippen molar-refractivity contribution in [3.05, 3.63) is 0 Å². The van der Waals surface area contributed by atoms with Crippen LogP contribution >= 0.6 is 24.0 Å². The number of nitrogens with zero attached hydrogens (tertiary/aromatic N) is 2. The number of aliphatic imine (C=N–C) groups is 1. The average molecular weight is 422 g/mol. The topological polar surface area (TPSA) is 56.7 Å². The Bertz CT molecular complexity index is 392. The van der Waals surface area contributed by atoms with Crippen LogP contribution in [-0.2, 0) is 4.79 Å². The highest BCUT2D eigenvalue weighted by Gasteiger charge is 2.40. The highest BCUT2D eigenvalue weighted by molar-refractivity contribution is 14.0. The van der Waals surface area contributed by atoms with Crippen LogP contribution in [0.3, 0.4) is 0 Å². The Kier molecular flexibility index (Phi) is 7.93. The molecule has 0 atom stereocenters. The van der Waals surface area contributed by atoms with Crippen LogP contribution in [-0.4, -0.2) is 49.5 Å². The summed E-state index contributed by atoms with van der Waals surface area (Å²) in [4.78, 5) is 18.4. The van der Waals surface area contributed by atoms with Crippen molar-refractivity contribution in [1.29, 1.82) is 0 Å². The van der Waals surface area contributed by atoms with E-state index >= 15 is 0 Å². The molecule has 0 aromatic carbocycles. The lowest BCUT2D eigenvalue weighted by Gasteiger charge is -2.25. The van der Waals surface area contributed by atoms with Crippen LogP contribution in [0.5, 0.6) is 0 Å².